The van der Waals surface area contributed by atoms with Crippen LogP contribution in [0.1, 0.15) is 12.7 Å². The highest BCUT2D eigenvalue weighted by atomic mass is 32.2. The molecule has 1 unspecified atom stereocenters. The van der Waals surface area contributed by atoms with Crippen LogP contribution < -0.4 is 16.0 Å². The number of aromatic amines is 1. The van der Waals surface area contributed by atoms with Gasteiger partial charge in [-0.05, 0) is 24.3 Å². The number of amides is 3. The summed E-state index contributed by atoms with van der Waals surface area (Å²) in [5, 5.41) is 34.0. The third-order valence-electron chi connectivity index (χ3n) is 4.87. The average molecular weight is 473 g/mol. The van der Waals surface area contributed by atoms with Crippen LogP contribution in [-0.2, 0) is 19.2 Å². The Kier molecular flexibility index (Phi) is 5.91. The number of aliphatic carboxylic acids is 1. The van der Waals surface area contributed by atoms with Crippen molar-refractivity contribution >= 4 is 52.7 Å². The zero-order valence-electron chi connectivity index (χ0n) is 17.2. The number of carboxylic acids is 1. The lowest BCUT2D eigenvalue weighted by atomic mass is 10.0. The Bertz CT molecular complexity index is 1160. The molecule has 2 atom stereocenters. The lowest BCUT2D eigenvalue weighted by Crippen LogP contribution is -2.70. The number of benzene rings is 1. The molecule has 0 radical (unpaired) electrons. The maximum atomic E-state index is 12.7. The third kappa shape index (κ3) is 4.45. The largest absolute Gasteiger partial charge is 0.508 e. The van der Waals surface area contributed by atoms with Crippen LogP contribution in [-0.4, -0.2) is 77.7 Å². The first-order valence-electron chi connectivity index (χ1n) is 9.68. The van der Waals surface area contributed by atoms with Crippen molar-refractivity contribution in [2.75, 3.05) is 22.9 Å². The lowest BCUT2D eigenvalue weighted by Gasteiger charge is -2.49. The van der Waals surface area contributed by atoms with Gasteiger partial charge < -0.3 is 25.8 Å². The number of phenols is 1. The minimum atomic E-state index is -1.32. The molecular weight excluding hydrogens is 454 g/mol. The first-order valence-corrected chi connectivity index (χ1v) is 10.7. The summed E-state index contributed by atoms with van der Waals surface area (Å²) >= 11 is 1.28. The molecule has 2 aromatic rings. The number of nitrogens with zero attached hydrogens (tertiary/aromatic N) is 3. The number of hydrogen-bond donors (Lipinski definition) is 6. The van der Waals surface area contributed by atoms with Crippen LogP contribution in [0.5, 0.6) is 5.75 Å². The molecule has 0 spiro atoms. The first kappa shape index (κ1) is 22.1. The van der Waals surface area contributed by atoms with Crippen molar-refractivity contribution in [1.82, 2.24) is 25.4 Å². The van der Waals surface area contributed by atoms with Gasteiger partial charge in [-0.15, -0.1) is 22.0 Å². The maximum absolute atomic E-state index is 12.7. The summed E-state index contributed by atoms with van der Waals surface area (Å²) in [6.45, 7) is 1.18. The summed E-state index contributed by atoms with van der Waals surface area (Å²) in [6, 6.07) is 5.27. The van der Waals surface area contributed by atoms with E-state index in [1.54, 1.807) is 12.1 Å². The molecular formula is C19H19N7O6S. The van der Waals surface area contributed by atoms with Crippen LogP contribution in [0.2, 0.25) is 0 Å². The van der Waals surface area contributed by atoms with Gasteiger partial charge in [0, 0.05) is 23.9 Å². The zero-order chi connectivity index (χ0) is 23.7. The van der Waals surface area contributed by atoms with Crippen LogP contribution >= 0.6 is 11.8 Å². The molecule has 3 heterocycles. The molecule has 1 aromatic carbocycles. The smallest absolute Gasteiger partial charge is 0.353 e. The Morgan fingerprint density at radius 1 is 1.24 bits per heavy atom. The monoisotopic (exact) mass is 473 g/mol. The number of hydrogen-bond acceptors (Lipinski definition) is 9. The average Bonchev–Trinajstić information content (AvgIpc) is 3.23. The third-order valence-corrected chi connectivity index (χ3v) is 6.15. The summed E-state index contributed by atoms with van der Waals surface area (Å²) in [4.78, 5) is 52.0. The summed E-state index contributed by atoms with van der Waals surface area (Å²) in [5.41, 5.74) is 0.616. The van der Waals surface area contributed by atoms with Gasteiger partial charge in [-0.25, -0.2) is 4.79 Å². The Hall–Kier alpha value is -4.07. The molecule has 2 aliphatic rings. The number of nitrogens with one attached hydrogen (secondary N) is 4. The molecule has 3 amide bonds. The fourth-order valence-electron chi connectivity index (χ4n) is 3.41. The van der Waals surface area contributed by atoms with E-state index in [4.69, 9.17) is 0 Å². The predicted molar refractivity (Wildman–Crippen MR) is 117 cm³/mol. The fraction of sp³-hybridized carbons (Fsp3) is 0.263. The van der Waals surface area contributed by atoms with Crippen LogP contribution in [0, 0.1) is 0 Å². The molecule has 0 bridgehead atoms. The second kappa shape index (κ2) is 8.82. The van der Waals surface area contributed by atoms with Crippen LogP contribution in [0.15, 0.2) is 30.0 Å². The molecule has 14 heteroatoms. The quantitative estimate of drug-likeness (QED) is 0.231. The standard InChI is InChI=1S/C19H19N7O6S/c1-8(27)21-19-23-15(24-25-19)11-7-33-17-13(16(30)26(17)14(11)18(31)32)22-12(29)6-20-9-2-4-10(28)5-3-9/h2-5,13,17,20,28H,6-7H2,1H3,(H,22,29)(H,31,32)(H2,21,23,24,25,27)/t13?,17-/m1/s1. The number of carbonyl (C=O) groups excluding carboxylic acids is 3. The van der Waals surface area contributed by atoms with Gasteiger partial charge >= 0.3 is 5.97 Å². The number of carboxylic acid groups (broad SMARTS) is 1. The highest BCUT2D eigenvalue weighted by Gasteiger charge is 2.54. The highest BCUT2D eigenvalue weighted by Crippen LogP contribution is 2.42. The number of aromatic hydroxyl groups is 1. The van der Waals surface area contributed by atoms with Crippen LogP contribution in [0.25, 0.3) is 5.57 Å². The van der Waals surface area contributed by atoms with Gasteiger partial charge in [-0.2, -0.15) is 0 Å². The number of phenolic OH excluding ortho intramolecular Hbond substituents is 1. The second-order valence-corrected chi connectivity index (χ2v) is 8.30. The number of carbonyl (C=O) groups is 4. The number of aromatic nitrogens is 3. The molecule has 172 valence electrons. The molecule has 1 aromatic heterocycles. The molecule has 6 N–H and O–H groups in total. The summed E-state index contributed by atoms with van der Waals surface area (Å²) in [5.74, 6) is -2.21. The summed E-state index contributed by atoms with van der Waals surface area (Å²) in [6.07, 6.45) is 0. The second-order valence-electron chi connectivity index (χ2n) is 7.19. The van der Waals surface area contributed by atoms with Gasteiger partial charge in [0.05, 0.1) is 6.54 Å². The SMILES string of the molecule is CC(=O)Nc1nnc(C2=C(C(=O)O)N3C(=O)C(NC(=O)CNc4ccc(O)cc4)[C@H]3SC2)[nH]1. The highest BCUT2D eigenvalue weighted by molar-refractivity contribution is 8.00. The fourth-order valence-corrected chi connectivity index (χ4v) is 4.75. The number of β-lactam (4-membered cyclic amide) rings is 1. The van der Waals surface area contributed by atoms with Gasteiger partial charge in [0.1, 0.15) is 22.9 Å². The number of H-pyrrole nitrogens is 1. The van der Waals surface area contributed by atoms with E-state index in [1.807, 2.05) is 0 Å². The molecule has 4 rings (SSSR count). The predicted octanol–water partition coefficient (Wildman–Crippen LogP) is -0.224. The van der Waals surface area contributed by atoms with Crippen molar-refractivity contribution in [1.29, 1.82) is 0 Å². The summed E-state index contributed by atoms with van der Waals surface area (Å²) in [7, 11) is 0. The molecule has 0 aliphatic carbocycles. The van der Waals surface area contributed by atoms with Gasteiger partial charge in [0.25, 0.3) is 5.91 Å². The van der Waals surface area contributed by atoms with Gasteiger partial charge in [0.15, 0.2) is 5.82 Å². The van der Waals surface area contributed by atoms with Crippen molar-refractivity contribution in [3.05, 3.63) is 35.8 Å². The van der Waals surface area contributed by atoms with Crippen molar-refractivity contribution in [3.63, 3.8) is 0 Å². The Morgan fingerprint density at radius 2 is 1.97 bits per heavy atom. The molecule has 1 fully saturated rings. The van der Waals surface area contributed by atoms with Gasteiger partial charge in [0.2, 0.25) is 17.8 Å². The molecule has 0 saturated carbocycles. The number of rotatable bonds is 7. The van der Waals surface area contributed by atoms with E-state index in [0.717, 1.165) is 4.90 Å². The molecule has 2 aliphatic heterocycles. The van der Waals surface area contributed by atoms with E-state index < -0.39 is 29.2 Å². The minimum Gasteiger partial charge on any atom is -0.508 e. The van der Waals surface area contributed by atoms with E-state index in [-0.39, 0.29) is 47.0 Å². The van der Waals surface area contributed by atoms with Crippen LogP contribution in [0.3, 0.4) is 0 Å². The summed E-state index contributed by atoms with van der Waals surface area (Å²) < 4.78 is 0. The normalized spacial score (nSPS) is 19.4. The number of anilines is 2. The van der Waals surface area contributed by atoms with Crippen molar-refractivity contribution < 1.29 is 29.4 Å². The van der Waals surface area contributed by atoms with E-state index in [2.05, 4.69) is 31.1 Å². The lowest BCUT2D eigenvalue weighted by molar-refractivity contribution is -0.150. The van der Waals surface area contributed by atoms with E-state index in [1.165, 1.54) is 30.8 Å². The number of fused-ring (bicyclic) bond motifs is 1. The minimum absolute atomic E-state index is 0.0584. The molecule has 1 saturated heterocycles. The van der Waals surface area contributed by atoms with Crippen molar-refractivity contribution in [2.24, 2.45) is 0 Å². The zero-order valence-corrected chi connectivity index (χ0v) is 18.0. The molecule has 13 nitrogen and oxygen atoms in total. The Morgan fingerprint density at radius 3 is 2.64 bits per heavy atom. The van der Waals surface area contributed by atoms with E-state index >= 15 is 0 Å². The van der Waals surface area contributed by atoms with E-state index in [9.17, 15) is 29.4 Å². The van der Waals surface area contributed by atoms with Gasteiger partial charge in [-0.1, -0.05) is 0 Å². The number of thioether (sulfide) groups is 1. The van der Waals surface area contributed by atoms with Crippen molar-refractivity contribution in [3.8, 4) is 5.75 Å². The van der Waals surface area contributed by atoms with Crippen LogP contribution in [0.4, 0.5) is 11.6 Å². The van der Waals surface area contributed by atoms with Gasteiger partial charge in [-0.3, -0.25) is 24.6 Å². The first-order chi connectivity index (χ1) is 15.7. The Balaban J connectivity index is 1.44. The maximum Gasteiger partial charge on any atom is 0.353 e. The topological polar surface area (TPSA) is 190 Å². The molecule has 33 heavy (non-hydrogen) atoms. The Labute approximate surface area is 190 Å². The van der Waals surface area contributed by atoms with E-state index in [0.29, 0.717) is 5.69 Å². The van der Waals surface area contributed by atoms with Crippen molar-refractivity contribution in [2.45, 2.75) is 18.3 Å².